The molecule has 1 fully saturated rings. The molecular weight excluding hydrogens is 390 g/mol. The summed E-state index contributed by atoms with van der Waals surface area (Å²) < 4.78 is 5.48. The molecule has 7 nitrogen and oxygen atoms in total. The second-order valence-electron chi connectivity index (χ2n) is 7.70. The van der Waals surface area contributed by atoms with Crippen LogP contribution in [0.2, 0.25) is 0 Å². The van der Waals surface area contributed by atoms with Gasteiger partial charge in [0.05, 0.1) is 24.4 Å². The number of morpholine rings is 1. The SMILES string of the molecule is CCc1cc(O)ccc1-c1ccc2c(-c3nc(/C=C/C4COCCN4)c[nH]3)n[nH]c2c1. The quantitative estimate of drug-likeness (QED) is 0.396. The number of imidazole rings is 1. The van der Waals surface area contributed by atoms with E-state index in [1.54, 1.807) is 6.07 Å². The van der Waals surface area contributed by atoms with Crippen molar-refractivity contribution in [3.63, 3.8) is 0 Å². The Morgan fingerprint density at radius 1 is 1.23 bits per heavy atom. The summed E-state index contributed by atoms with van der Waals surface area (Å²) >= 11 is 0. The number of nitrogens with one attached hydrogen (secondary N) is 3. The Morgan fingerprint density at radius 3 is 3.00 bits per heavy atom. The van der Waals surface area contributed by atoms with Crippen molar-refractivity contribution in [3.8, 4) is 28.4 Å². The van der Waals surface area contributed by atoms with E-state index in [9.17, 15) is 5.11 Å². The number of aryl methyl sites for hydroxylation is 1. The maximum Gasteiger partial charge on any atom is 0.159 e. The van der Waals surface area contributed by atoms with Crippen molar-refractivity contribution in [2.45, 2.75) is 19.4 Å². The number of phenolic OH excluding ortho intramolecular Hbond substituents is 1. The molecular formula is C24H25N5O2. The predicted octanol–water partition coefficient (Wildman–Crippen LogP) is 3.89. The highest BCUT2D eigenvalue weighted by atomic mass is 16.5. The third-order valence-electron chi connectivity index (χ3n) is 5.62. The lowest BCUT2D eigenvalue weighted by Gasteiger charge is -2.20. The highest BCUT2D eigenvalue weighted by Gasteiger charge is 2.14. The van der Waals surface area contributed by atoms with Crippen LogP contribution in [-0.2, 0) is 11.2 Å². The lowest BCUT2D eigenvalue weighted by molar-refractivity contribution is 0.0903. The summed E-state index contributed by atoms with van der Waals surface area (Å²) in [4.78, 5) is 7.92. The number of hydrogen-bond acceptors (Lipinski definition) is 5. The zero-order valence-electron chi connectivity index (χ0n) is 17.4. The summed E-state index contributed by atoms with van der Waals surface area (Å²) in [5, 5.41) is 21.8. The van der Waals surface area contributed by atoms with Gasteiger partial charge in [0, 0.05) is 24.2 Å². The summed E-state index contributed by atoms with van der Waals surface area (Å²) in [5.74, 6) is 1.02. The van der Waals surface area contributed by atoms with Gasteiger partial charge in [0.15, 0.2) is 5.82 Å². The molecule has 0 radical (unpaired) electrons. The summed E-state index contributed by atoms with van der Waals surface area (Å²) in [6.45, 7) is 4.40. The molecule has 0 bridgehead atoms. The van der Waals surface area contributed by atoms with Crippen molar-refractivity contribution >= 4 is 17.0 Å². The summed E-state index contributed by atoms with van der Waals surface area (Å²) in [7, 11) is 0. The number of aromatic hydroxyl groups is 1. The molecule has 1 aliphatic rings. The second-order valence-corrected chi connectivity index (χ2v) is 7.70. The van der Waals surface area contributed by atoms with Crippen LogP contribution in [0.25, 0.3) is 39.6 Å². The van der Waals surface area contributed by atoms with Gasteiger partial charge in [-0.25, -0.2) is 4.98 Å². The van der Waals surface area contributed by atoms with Crippen molar-refractivity contribution in [2.24, 2.45) is 0 Å². The lowest BCUT2D eigenvalue weighted by Crippen LogP contribution is -2.39. The molecule has 0 aliphatic carbocycles. The third-order valence-corrected chi connectivity index (χ3v) is 5.62. The molecule has 0 spiro atoms. The van der Waals surface area contributed by atoms with E-state index < -0.39 is 0 Å². The van der Waals surface area contributed by atoms with Gasteiger partial charge >= 0.3 is 0 Å². The Morgan fingerprint density at radius 2 is 2.16 bits per heavy atom. The van der Waals surface area contributed by atoms with Crippen LogP contribution in [0.15, 0.2) is 48.7 Å². The Labute approximate surface area is 180 Å². The average molecular weight is 415 g/mol. The fourth-order valence-electron chi connectivity index (χ4n) is 3.99. The number of fused-ring (bicyclic) bond motifs is 1. The Bertz CT molecular complexity index is 1230. The molecule has 5 rings (SSSR count). The van der Waals surface area contributed by atoms with Gasteiger partial charge in [-0.15, -0.1) is 0 Å². The summed E-state index contributed by atoms with van der Waals surface area (Å²) in [6.07, 6.45) is 6.81. The van der Waals surface area contributed by atoms with E-state index in [2.05, 4.69) is 56.7 Å². The zero-order valence-corrected chi connectivity index (χ0v) is 17.4. The minimum atomic E-state index is 0.214. The number of aromatic amines is 2. The largest absolute Gasteiger partial charge is 0.508 e. The molecule has 0 saturated carbocycles. The van der Waals surface area contributed by atoms with Gasteiger partial charge in [-0.05, 0) is 53.5 Å². The molecule has 1 unspecified atom stereocenters. The number of nitrogens with zero attached hydrogens (tertiary/aromatic N) is 2. The van der Waals surface area contributed by atoms with Crippen LogP contribution in [0.3, 0.4) is 0 Å². The van der Waals surface area contributed by atoms with Crippen molar-refractivity contribution in [1.29, 1.82) is 0 Å². The van der Waals surface area contributed by atoms with Gasteiger partial charge in [-0.2, -0.15) is 5.10 Å². The molecule has 1 atom stereocenters. The molecule has 7 heteroatoms. The normalized spacial score (nSPS) is 17.0. The molecule has 0 amide bonds. The van der Waals surface area contributed by atoms with Crippen LogP contribution in [0.5, 0.6) is 5.75 Å². The van der Waals surface area contributed by atoms with Crippen molar-refractivity contribution in [2.75, 3.05) is 19.8 Å². The van der Waals surface area contributed by atoms with Gasteiger partial charge in [0.1, 0.15) is 11.4 Å². The van der Waals surface area contributed by atoms with Crippen molar-refractivity contribution < 1.29 is 9.84 Å². The van der Waals surface area contributed by atoms with E-state index in [4.69, 9.17) is 4.74 Å². The molecule has 1 saturated heterocycles. The first-order valence-corrected chi connectivity index (χ1v) is 10.6. The number of aromatic nitrogens is 4. The van der Waals surface area contributed by atoms with Crippen LogP contribution in [-0.4, -0.2) is 51.1 Å². The first-order chi connectivity index (χ1) is 15.2. The van der Waals surface area contributed by atoms with Crippen LogP contribution < -0.4 is 5.32 Å². The van der Waals surface area contributed by atoms with E-state index in [1.807, 2.05) is 24.4 Å². The van der Waals surface area contributed by atoms with Gasteiger partial charge in [-0.3, -0.25) is 5.10 Å². The smallest absolute Gasteiger partial charge is 0.159 e. The van der Waals surface area contributed by atoms with E-state index in [0.29, 0.717) is 12.4 Å². The average Bonchev–Trinajstić information content (AvgIpc) is 3.44. The van der Waals surface area contributed by atoms with Crippen molar-refractivity contribution in [3.05, 3.63) is 59.9 Å². The molecule has 2 aromatic heterocycles. The second kappa shape index (κ2) is 8.37. The summed E-state index contributed by atoms with van der Waals surface area (Å²) in [6, 6.07) is 12.0. The van der Waals surface area contributed by atoms with E-state index in [0.717, 1.165) is 64.4 Å². The monoisotopic (exact) mass is 415 g/mol. The lowest BCUT2D eigenvalue weighted by atomic mass is 9.97. The number of H-pyrrole nitrogens is 2. The number of hydrogen-bond donors (Lipinski definition) is 4. The molecule has 1 aliphatic heterocycles. The highest BCUT2D eigenvalue weighted by Crippen LogP contribution is 2.32. The van der Waals surface area contributed by atoms with Crippen LogP contribution in [0.1, 0.15) is 18.2 Å². The molecule has 158 valence electrons. The van der Waals surface area contributed by atoms with Crippen LogP contribution in [0.4, 0.5) is 0 Å². The minimum absolute atomic E-state index is 0.214. The van der Waals surface area contributed by atoms with Crippen molar-refractivity contribution in [1.82, 2.24) is 25.5 Å². The third kappa shape index (κ3) is 3.97. The number of benzene rings is 2. The van der Waals surface area contributed by atoms with Gasteiger partial charge in [0.2, 0.25) is 0 Å². The van der Waals surface area contributed by atoms with E-state index in [1.165, 1.54) is 0 Å². The van der Waals surface area contributed by atoms with E-state index >= 15 is 0 Å². The molecule has 4 aromatic rings. The zero-order chi connectivity index (χ0) is 21.2. The Kier molecular flexibility index (Phi) is 5.28. The van der Waals surface area contributed by atoms with Crippen LogP contribution >= 0.6 is 0 Å². The van der Waals surface area contributed by atoms with Crippen LogP contribution in [0, 0.1) is 0 Å². The Balaban J connectivity index is 1.42. The first kappa shape index (κ1) is 19.5. The summed E-state index contributed by atoms with van der Waals surface area (Å²) in [5.41, 5.74) is 5.90. The number of rotatable bonds is 5. The fraction of sp³-hybridized carbons (Fsp3) is 0.250. The maximum absolute atomic E-state index is 9.79. The molecule has 2 aromatic carbocycles. The maximum atomic E-state index is 9.79. The molecule has 4 N–H and O–H groups in total. The topological polar surface area (TPSA) is 98.9 Å². The highest BCUT2D eigenvalue weighted by molar-refractivity contribution is 5.94. The van der Waals surface area contributed by atoms with Gasteiger partial charge in [-0.1, -0.05) is 25.1 Å². The number of ether oxygens (including phenoxy) is 1. The van der Waals surface area contributed by atoms with Gasteiger partial charge < -0.3 is 20.1 Å². The predicted molar refractivity (Wildman–Crippen MR) is 122 cm³/mol. The first-order valence-electron chi connectivity index (χ1n) is 10.6. The van der Waals surface area contributed by atoms with Gasteiger partial charge in [0.25, 0.3) is 0 Å². The standard InChI is InChI=1S/C24H25N5O2/c1-2-15-11-19(30)6-8-20(15)16-3-7-21-22(12-16)28-29-23(21)24-26-13-17(27-24)4-5-18-14-31-10-9-25-18/h3-8,11-13,18,25,30H,2,9-10,14H2,1H3,(H,26,27)(H,28,29)/b5-4+. The van der Waals surface area contributed by atoms with E-state index in [-0.39, 0.29) is 6.04 Å². The fourth-order valence-corrected chi connectivity index (χ4v) is 3.99. The minimum Gasteiger partial charge on any atom is -0.508 e. The Hall–Kier alpha value is -3.42. The number of phenols is 1. The molecule has 3 heterocycles. The molecule has 31 heavy (non-hydrogen) atoms.